The van der Waals surface area contributed by atoms with Gasteiger partial charge >= 0.3 is 0 Å². The molecule has 3 rings (SSSR count). The lowest BCUT2D eigenvalue weighted by atomic mass is 10.2. The lowest BCUT2D eigenvalue weighted by Gasteiger charge is -2.34. The number of aromatic nitrogens is 2. The fourth-order valence-electron chi connectivity index (χ4n) is 2.94. The summed E-state index contributed by atoms with van der Waals surface area (Å²) in [5.41, 5.74) is 0.898. The number of piperazine rings is 1. The number of halogens is 2. The molecule has 2 aromatic rings. The molecule has 2 heterocycles. The van der Waals surface area contributed by atoms with Crippen LogP contribution < -0.4 is 5.56 Å². The molecule has 26 heavy (non-hydrogen) atoms. The van der Waals surface area contributed by atoms with Gasteiger partial charge in [0.25, 0.3) is 5.56 Å². The first-order chi connectivity index (χ1) is 12.6. The van der Waals surface area contributed by atoms with Crippen LogP contribution in [-0.2, 0) is 6.54 Å². The molecule has 0 bridgehead atoms. The Morgan fingerprint density at radius 3 is 2.42 bits per heavy atom. The summed E-state index contributed by atoms with van der Waals surface area (Å²) in [6.45, 7) is 6.24. The molecule has 0 amide bonds. The quantitative estimate of drug-likeness (QED) is 0.757. The predicted molar refractivity (Wildman–Crippen MR) is 107 cm³/mol. The van der Waals surface area contributed by atoms with E-state index in [-0.39, 0.29) is 15.6 Å². The third-order valence-corrected chi connectivity index (χ3v) is 5.26. The van der Waals surface area contributed by atoms with E-state index in [2.05, 4.69) is 39.2 Å². The molecule has 138 valence electrons. The van der Waals surface area contributed by atoms with Crippen molar-refractivity contribution in [3.05, 3.63) is 68.6 Å². The molecule has 1 saturated heterocycles. The molecule has 0 aliphatic carbocycles. The summed E-state index contributed by atoms with van der Waals surface area (Å²) in [7, 11) is 0. The van der Waals surface area contributed by atoms with Crippen LogP contribution in [0.15, 0.2) is 47.4 Å². The SMILES string of the molecule is O=c1c(Cl)c(Cl)cnn1CCN1CCN(C/C=C/c2ccccc2)CC1. The number of benzene rings is 1. The third kappa shape index (κ3) is 5.17. The van der Waals surface area contributed by atoms with Crippen molar-refractivity contribution < 1.29 is 0 Å². The first-order valence-corrected chi connectivity index (χ1v) is 9.46. The predicted octanol–water partition coefficient (Wildman–Crippen LogP) is 2.88. The number of rotatable bonds is 6. The van der Waals surface area contributed by atoms with Gasteiger partial charge in [0.1, 0.15) is 5.02 Å². The molecule has 7 heteroatoms. The second-order valence-corrected chi connectivity index (χ2v) is 7.08. The molecule has 1 aliphatic rings. The molecule has 0 N–H and O–H groups in total. The van der Waals surface area contributed by atoms with Crippen LogP contribution in [0, 0.1) is 0 Å². The van der Waals surface area contributed by atoms with Crippen LogP contribution in [0.1, 0.15) is 5.56 Å². The topological polar surface area (TPSA) is 41.4 Å². The summed E-state index contributed by atoms with van der Waals surface area (Å²) in [6, 6.07) is 10.3. The Morgan fingerprint density at radius 2 is 1.69 bits per heavy atom. The van der Waals surface area contributed by atoms with Crippen LogP contribution in [0.5, 0.6) is 0 Å². The van der Waals surface area contributed by atoms with Crippen molar-refractivity contribution in [1.29, 1.82) is 0 Å². The molecule has 1 fully saturated rings. The molecule has 5 nitrogen and oxygen atoms in total. The lowest BCUT2D eigenvalue weighted by molar-refractivity contribution is 0.137. The summed E-state index contributed by atoms with van der Waals surface area (Å²) >= 11 is 11.7. The van der Waals surface area contributed by atoms with Crippen molar-refractivity contribution in [2.24, 2.45) is 0 Å². The lowest BCUT2D eigenvalue weighted by Crippen LogP contribution is -2.47. The van der Waals surface area contributed by atoms with Crippen molar-refractivity contribution >= 4 is 29.3 Å². The fourth-order valence-corrected chi connectivity index (χ4v) is 3.21. The minimum atomic E-state index is -0.330. The molecular weight excluding hydrogens is 371 g/mol. The van der Waals surface area contributed by atoms with Crippen LogP contribution in [0.3, 0.4) is 0 Å². The standard InChI is InChI=1S/C19H22Cl2N4O/c20-17-15-22-25(19(26)18(17)21)14-13-24-11-9-23(10-12-24)8-4-7-16-5-2-1-3-6-16/h1-7,15H,8-14H2/b7-4+. The normalized spacial score (nSPS) is 16.4. The Labute approximate surface area is 163 Å². The Balaban J connectivity index is 1.42. The minimum absolute atomic E-state index is 0.0386. The average Bonchev–Trinajstić information content (AvgIpc) is 2.67. The highest BCUT2D eigenvalue weighted by Gasteiger charge is 2.16. The van der Waals surface area contributed by atoms with Gasteiger partial charge in [-0.2, -0.15) is 5.10 Å². The molecule has 1 aliphatic heterocycles. The number of hydrogen-bond acceptors (Lipinski definition) is 4. The van der Waals surface area contributed by atoms with Gasteiger partial charge in [-0.15, -0.1) is 0 Å². The van der Waals surface area contributed by atoms with E-state index in [4.69, 9.17) is 23.2 Å². The Hall–Kier alpha value is -1.66. The van der Waals surface area contributed by atoms with Crippen molar-refractivity contribution in [2.75, 3.05) is 39.3 Å². The van der Waals surface area contributed by atoms with Gasteiger partial charge < -0.3 is 0 Å². The Morgan fingerprint density at radius 1 is 1.00 bits per heavy atom. The molecule has 0 unspecified atom stereocenters. The number of nitrogens with zero attached hydrogens (tertiary/aromatic N) is 4. The summed E-state index contributed by atoms with van der Waals surface area (Å²) < 4.78 is 1.38. The maximum Gasteiger partial charge on any atom is 0.287 e. The highest BCUT2D eigenvalue weighted by molar-refractivity contribution is 6.41. The largest absolute Gasteiger partial charge is 0.299 e. The van der Waals surface area contributed by atoms with Gasteiger partial charge in [0.05, 0.1) is 17.8 Å². The van der Waals surface area contributed by atoms with Crippen LogP contribution in [0.2, 0.25) is 10.0 Å². The summed E-state index contributed by atoms with van der Waals surface area (Å²) in [4.78, 5) is 16.8. The molecule has 0 spiro atoms. The zero-order valence-electron chi connectivity index (χ0n) is 14.5. The fraction of sp³-hybridized carbons (Fsp3) is 0.368. The van der Waals surface area contributed by atoms with Crippen LogP contribution >= 0.6 is 23.2 Å². The highest BCUT2D eigenvalue weighted by atomic mass is 35.5. The van der Waals surface area contributed by atoms with Gasteiger partial charge in [-0.1, -0.05) is 65.7 Å². The maximum atomic E-state index is 12.0. The van der Waals surface area contributed by atoms with E-state index in [1.165, 1.54) is 16.4 Å². The highest BCUT2D eigenvalue weighted by Crippen LogP contribution is 2.14. The number of hydrogen-bond donors (Lipinski definition) is 0. The van der Waals surface area contributed by atoms with Gasteiger partial charge in [-0.05, 0) is 5.56 Å². The van der Waals surface area contributed by atoms with E-state index >= 15 is 0 Å². The zero-order chi connectivity index (χ0) is 18.4. The van der Waals surface area contributed by atoms with E-state index in [0.29, 0.717) is 6.54 Å². The summed E-state index contributed by atoms with van der Waals surface area (Å²) in [6.07, 6.45) is 5.79. The summed E-state index contributed by atoms with van der Waals surface area (Å²) in [5.74, 6) is 0. The molecule has 1 aromatic carbocycles. The second kappa shape index (κ2) is 9.33. The molecule has 0 saturated carbocycles. The van der Waals surface area contributed by atoms with Crippen LogP contribution in [0.25, 0.3) is 6.08 Å². The van der Waals surface area contributed by atoms with E-state index in [9.17, 15) is 4.79 Å². The molecule has 0 atom stereocenters. The zero-order valence-corrected chi connectivity index (χ0v) is 16.0. The van der Waals surface area contributed by atoms with Gasteiger partial charge in [-0.3, -0.25) is 14.6 Å². The molecule has 1 aromatic heterocycles. The van der Waals surface area contributed by atoms with Gasteiger partial charge in [0.2, 0.25) is 0 Å². The summed E-state index contributed by atoms with van der Waals surface area (Å²) in [5, 5.41) is 4.29. The van der Waals surface area contributed by atoms with Crippen LogP contribution in [-0.4, -0.2) is 58.8 Å². The third-order valence-electron chi connectivity index (χ3n) is 4.51. The first-order valence-electron chi connectivity index (χ1n) is 8.71. The van der Waals surface area contributed by atoms with Crippen molar-refractivity contribution in [1.82, 2.24) is 19.6 Å². The van der Waals surface area contributed by atoms with E-state index in [1.807, 2.05) is 18.2 Å². The van der Waals surface area contributed by atoms with Crippen molar-refractivity contribution in [3.8, 4) is 0 Å². The Kier molecular flexibility index (Phi) is 6.86. The Bertz CT molecular complexity index is 799. The molecule has 0 radical (unpaired) electrons. The van der Waals surface area contributed by atoms with Crippen molar-refractivity contribution in [3.63, 3.8) is 0 Å². The van der Waals surface area contributed by atoms with Crippen molar-refractivity contribution in [2.45, 2.75) is 6.54 Å². The van der Waals surface area contributed by atoms with E-state index < -0.39 is 0 Å². The minimum Gasteiger partial charge on any atom is -0.299 e. The van der Waals surface area contributed by atoms with Crippen LogP contribution in [0.4, 0.5) is 0 Å². The average molecular weight is 393 g/mol. The van der Waals surface area contributed by atoms with Gasteiger partial charge in [0.15, 0.2) is 0 Å². The second-order valence-electron chi connectivity index (χ2n) is 6.29. The maximum absolute atomic E-state index is 12.0. The smallest absolute Gasteiger partial charge is 0.287 e. The molecular formula is C19H22Cl2N4O. The van der Waals surface area contributed by atoms with Gasteiger partial charge in [-0.25, -0.2) is 4.68 Å². The van der Waals surface area contributed by atoms with E-state index in [0.717, 1.165) is 39.3 Å². The first kappa shape index (κ1) is 19.1. The monoisotopic (exact) mass is 392 g/mol. The van der Waals surface area contributed by atoms with Gasteiger partial charge in [0, 0.05) is 39.3 Å². The van der Waals surface area contributed by atoms with E-state index in [1.54, 1.807) is 0 Å².